The van der Waals surface area contributed by atoms with Crippen LogP contribution in [0.15, 0.2) is 41.6 Å². The van der Waals surface area contributed by atoms with Crippen LogP contribution in [0.2, 0.25) is 0 Å². The number of anilines is 1. The van der Waals surface area contributed by atoms with E-state index in [1.54, 1.807) is 0 Å². The molecule has 0 unspecified atom stereocenters. The molecule has 1 aromatic heterocycles. The summed E-state index contributed by atoms with van der Waals surface area (Å²) in [6, 6.07) is 8.66. The summed E-state index contributed by atoms with van der Waals surface area (Å²) in [6.07, 6.45) is 0. The van der Waals surface area contributed by atoms with Crippen molar-refractivity contribution in [2.45, 2.75) is 13.0 Å². The molecule has 8 nitrogen and oxygen atoms in total. The number of carbonyl (C=O) groups is 2. The van der Waals surface area contributed by atoms with Crippen molar-refractivity contribution in [3.63, 3.8) is 0 Å². The number of hydrogen-bond donors (Lipinski definition) is 1. The molecular formula is C14H13N5O3. The van der Waals surface area contributed by atoms with E-state index in [2.05, 4.69) is 20.8 Å². The molecule has 1 aromatic carbocycles. The summed E-state index contributed by atoms with van der Waals surface area (Å²) >= 11 is 0. The second-order valence-corrected chi connectivity index (χ2v) is 4.72. The van der Waals surface area contributed by atoms with Gasteiger partial charge in [0.2, 0.25) is 5.95 Å². The van der Waals surface area contributed by atoms with Crippen LogP contribution < -0.4 is 5.32 Å². The Morgan fingerprint density at radius 2 is 2.00 bits per heavy atom. The Morgan fingerprint density at radius 1 is 1.27 bits per heavy atom. The quantitative estimate of drug-likeness (QED) is 0.833. The topological polar surface area (TPSA) is 99.0 Å². The van der Waals surface area contributed by atoms with Gasteiger partial charge < -0.3 is 10.1 Å². The second-order valence-electron chi connectivity index (χ2n) is 4.72. The summed E-state index contributed by atoms with van der Waals surface area (Å²) < 4.78 is 6.23. The number of rotatable bonds is 3. The van der Waals surface area contributed by atoms with Gasteiger partial charge in [0.1, 0.15) is 11.7 Å². The monoisotopic (exact) mass is 299 g/mol. The molecule has 0 saturated carbocycles. The van der Waals surface area contributed by atoms with E-state index in [0.717, 1.165) is 5.56 Å². The molecular weight excluding hydrogens is 286 g/mol. The first-order chi connectivity index (χ1) is 10.6. The number of allylic oxidation sites excluding steroid dienone is 1. The molecule has 3 rings (SSSR count). The normalized spacial score (nSPS) is 16.7. The van der Waals surface area contributed by atoms with Gasteiger partial charge in [-0.1, -0.05) is 35.4 Å². The van der Waals surface area contributed by atoms with Crippen LogP contribution in [0, 0.1) is 0 Å². The minimum Gasteiger partial charge on any atom is -0.464 e. The van der Waals surface area contributed by atoms with Crippen molar-refractivity contribution in [3.8, 4) is 0 Å². The van der Waals surface area contributed by atoms with Crippen LogP contribution in [0.5, 0.6) is 0 Å². The van der Waals surface area contributed by atoms with Crippen LogP contribution in [-0.2, 0) is 14.3 Å². The van der Waals surface area contributed by atoms with E-state index in [-0.39, 0.29) is 23.0 Å². The third kappa shape index (κ3) is 2.14. The standard InChI is InChI=1S/C14H13N5O3/c1-8(20)10-11(13(21)22-2)15-14-16-17-18-19(14)12(10)9-6-4-3-5-7-9/h3-7,12H,1-2H3,(H,15,16,18)/t12-/m1/s1. The van der Waals surface area contributed by atoms with Crippen molar-refractivity contribution in [1.29, 1.82) is 0 Å². The first-order valence-electron chi connectivity index (χ1n) is 6.56. The molecule has 0 aliphatic carbocycles. The van der Waals surface area contributed by atoms with E-state index >= 15 is 0 Å². The number of methoxy groups -OCH3 is 1. The summed E-state index contributed by atoms with van der Waals surface area (Å²) in [7, 11) is 1.25. The molecule has 22 heavy (non-hydrogen) atoms. The molecule has 0 fully saturated rings. The number of esters is 1. The molecule has 0 saturated heterocycles. The van der Waals surface area contributed by atoms with Crippen molar-refractivity contribution in [2.24, 2.45) is 0 Å². The highest BCUT2D eigenvalue weighted by Gasteiger charge is 2.36. The zero-order chi connectivity index (χ0) is 15.7. The number of nitrogens with one attached hydrogen (secondary N) is 1. The van der Waals surface area contributed by atoms with Gasteiger partial charge in [-0.3, -0.25) is 4.79 Å². The lowest BCUT2D eigenvalue weighted by atomic mass is 9.93. The number of hydrogen-bond acceptors (Lipinski definition) is 7. The van der Waals surface area contributed by atoms with Crippen LogP contribution >= 0.6 is 0 Å². The smallest absolute Gasteiger partial charge is 0.355 e. The van der Waals surface area contributed by atoms with Crippen LogP contribution in [0.1, 0.15) is 18.5 Å². The average molecular weight is 299 g/mol. The fourth-order valence-corrected chi connectivity index (χ4v) is 2.46. The Balaban J connectivity index is 2.25. The zero-order valence-corrected chi connectivity index (χ0v) is 12.0. The molecule has 0 bridgehead atoms. The summed E-state index contributed by atoms with van der Waals surface area (Å²) in [5.41, 5.74) is 1.12. The van der Waals surface area contributed by atoms with Gasteiger partial charge in [0.15, 0.2) is 5.78 Å². The third-order valence-corrected chi connectivity index (χ3v) is 3.40. The molecule has 0 amide bonds. The first-order valence-corrected chi connectivity index (χ1v) is 6.56. The molecule has 0 radical (unpaired) electrons. The minimum atomic E-state index is -0.639. The number of ether oxygens (including phenoxy) is 1. The number of aromatic nitrogens is 4. The highest BCUT2D eigenvalue weighted by Crippen LogP contribution is 2.34. The van der Waals surface area contributed by atoms with E-state index in [0.29, 0.717) is 0 Å². The molecule has 8 heteroatoms. The van der Waals surface area contributed by atoms with Crippen molar-refractivity contribution in [1.82, 2.24) is 20.2 Å². The molecule has 112 valence electrons. The SMILES string of the molecule is COC(=O)C1=C(C(C)=O)[C@@H](c2ccccc2)n2nnnc2N1. The minimum absolute atomic E-state index is 0.0613. The number of fused-ring (bicyclic) bond motifs is 1. The fraction of sp³-hybridized carbons (Fsp3) is 0.214. The van der Waals surface area contributed by atoms with E-state index in [1.807, 2.05) is 30.3 Å². The van der Waals surface area contributed by atoms with Gasteiger partial charge in [-0.25, -0.2) is 4.79 Å². The lowest BCUT2D eigenvalue weighted by molar-refractivity contribution is -0.136. The molecule has 1 N–H and O–H groups in total. The predicted molar refractivity (Wildman–Crippen MR) is 75.7 cm³/mol. The maximum absolute atomic E-state index is 12.2. The van der Waals surface area contributed by atoms with Gasteiger partial charge in [0.05, 0.1) is 12.7 Å². The summed E-state index contributed by atoms with van der Waals surface area (Å²) in [5.74, 6) is -0.623. The summed E-state index contributed by atoms with van der Waals surface area (Å²) in [5, 5.41) is 14.1. The van der Waals surface area contributed by atoms with E-state index in [1.165, 1.54) is 18.7 Å². The van der Waals surface area contributed by atoms with Crippen LogP contribution in [-0.4, -0.2) is 39.1 Å². The maximum atomic E-state index is 12.2. The van der Waals surface area contributed by atoms with Gasteiger partial charge in [0.25, 0.3) is 0 Å². The number of ketones is 1. The maximum Gasteiger partial charge on any atom is 0.355 e. The van der Waals surface area contributed by atoms with Crippen LogP contribution in [0.25, 0.3) is 0 Å². The van der Waals surface area contributed by atoms with Gasteiger partial charge in [0, 0.05) is 0 Å². The number of benzene rings is 1. The van der Waals surface area contributed by atoms with Crippen molar-refractivity contribution < 1.29 is 14.3 Å². The number of Topliss-reactive ketones (excluding diaryl/α,β-unsaturated/α-hetero) is 1. The van der Waals surface area contributed by atoms with Gasteiger partial charge in [-0.05, 0) is 22.9 Å². The molecule has 2 aromatic rings. The molecule has 2 heterocycles. The average Bonchev–Trinajstić information content (AvgIpc) is 3.01. The third-order valence-electron chi connectivity index (χ3n) is 3.40. The van der Waals surface area contributed by atoms with Gasteiger partial charge in [-0.2, -0.15) is 4.68 Å². The molecule has 1 atom stereocenters. The van der Waals surface area contributed by atoms with E-state index in [9.17, 15) is 9.59 Å². The van der Waals surface area contributed by atoms with Crippen molar-refractivity contribution >= 4 is 17.7 Å². The Bertz CT molecular complexity index is 766. The molecule has 1 aliphatic rings. The summed E-state index contributed by atoms with van der Waals surface area (Å²) in [4.78, 5) is 24.2. The largest absolute Gasteiger partial charge is 0.464 e. The Hall–Kier alpha value is -3.03. The van der Waals surface area contributed by atoms with Crippen LogP contribution in [0.4, 0.5) is 5.95 Å². The highest BCUT2D eigenvalue weighted by atomic mass is 16.5. The van der Waals surface area contributed by atoms with Gasteiger partial charge >= 0.3 is 5.97 Å². The van der Waals surface area contributed by atoms with Gasteiger partial charge in [-0.15, -0.1) is 0 Å². The van der Waals surface area contributed by atoms with Crippen LogP contribution in [0.3, 0.4) is 0 Å². The highest BCUT2D eigenvalue weighted by molar-refractivity contribution is 6.05. The van der Waals surface area contributed by atoms with E-state index < -0.39 is 12.0 Å². The van der Waals surface area contributed by atoms with Crippen molar-refractivity contribution in [2.75, 3.05) is 12.4 Å². The number of tetrazole rings is 1. The Morgan fingerprint density at radius 3 is 2.64 bits per heavy atom. The number of nitrogens with zero attached hydrogens (tertiary/aromatic N) is 4. The molecule has 0 spiro atoms. The second kappa shape index (κ2) is 5.40. The summed E-state index contributed by atoms with van der Waals surface area (Å²) in [6.45, 7) is 1.39. The molecule has 1 aliphatic heterocycles. The predicted octanol–water partition coefficient (Wildman–Crippen LogP) is 0.704. The Labute approximate surface area is 125 Å². The lowest BCUT2D eigenvalue weighted by Gasteiger charge is -2.27. The number of carbonyl (C=O) groups excluding carboxylic acids is 2. The fourth-order valence-electron chi connectivity index (χ4n) is 2.46. The Kier molecular flexibility index (Phi) is 3.42. The van der Waals surface area contributed by atoms with E-state index in [4.69, 9.17) is 4.74 Å². The van der Waals surface area contributed by atoms with Crippen molar-refractivity contribution in [3.05, 3.63) is 47.2 Å². The lowest BCUT2D eigenvalue weighted by Crippen LogP contribution is -2.32. The zero-order valence-electron chi connectivity index (χ0n) is 12.0. The first kappa shape index (κ1) is 13.9.